The van der Waals surface area contributed by atoms with E-state index in [-0.39, 0.29) is 5.69 Å². The highest BCUT2D eigenvalue weighted by Crippen LogP contribution is 2.32. The van der Waals surface area contributed by atoms with Crippen molar-refractivity contribution in [2.45, 2.75) is 29.9 Å². The standard InChI is InChI=1S/C23H20Cl2N4O3S2/c1-2-3-10-31-17-8-5-14(6-9-17)20-12-19(29-32-20)21(30)26-22-27-28-23(34-22)33-13-15-4-7-16(24)11-18(15)25/h4-9,11-12H,2-3,10,13H2,1H3,(H,26,27,30). The molecule has 0 unspecified atom stereocenters. The van der Waals surface area contributed by atoms with Gasteiger partial charge >= 0.3 is 0 Å². The molecule has 0 bridgehead atoms. The molecule has 0 fully saturated rings. The quantitative estimate of drug-likeness (QED) is 0.130. The summed E-state index contributed by atoms with van der Waals surface area (Å²) in [6.45, 7) is 2.80. The first kappa shape index (κ1) is 24.5. The van der Waals surface area contributed by atoms with Gasteiger partial charge in [-0.15, -0.1) is 10.2 Å². The molecule has 0 spiro atoms. The maximum absolute atomic E-state index is 12.6. The fourth-order valence-electron chi connectivity index (χ4n) is 2.83. The first-order valence-electron chi connectivity index (χ1n) is 10.4. The first-order valence-corrected chi connectivity index (χ1v) is 13.0. The number of hydrogen-bond donors (Lipinski definition) is 1. The molecule has 0 aliphatic rings. The molecule has 2 aromatic heterocycles. The lowest BCUT2D eigenvalue weighted by Crippen LogP contribution is -2.11. The molecule has 1 N–H and O–H groups in total. The number of amides is 1. The third-order valence-electron chi connectivity index (χ3n) is 4.64. The molecule has 34 heavy (non-hydrogen) atoms. The van der Waals surface area contributed by atoms with E-state index in [1.54, 1.807) is 18.2 Å². The van der Waals surface area contributed by atoms with Crippen molar-refractivity contribution in [1.29, 1.82) is 0 Å². The number of anilines is 1. The number of thioether (sulfide) groups is 1. The van der Waals surface area contributed by atoms with E-state index in [1.807, 2.05) is 30.3 Å². The normalized spacial score (nSPS) is 10.9. The van der Waals surface area contributed by atoms with Gasteiger partial charge in [-0.3, -0.25) is 10.1 Å². The van der Waals surface area contributed by atoms with Gasteiger partial charge in [-0.2, -0.15) is 0 Å². The molecule has 2 aromatic carbocycles. The molecule has 11 heteroatoms. The zero-order valence-corrected chi connectivity index (χ0v) is 21.2. The third kappa shape index (κ3) is 6.50. The van der Waals surface area contributed by atoms with Gasteiger partial charge in [-0.05, 0) is 48.4 Å². The largest absolute Gasteiger partial charge is 0.494 e. The number of nitrogens with zero attached hydrogens (tertiary/aromatic N) is 3. The number of carbonyl (C=O) groups excluding carboxylic acids is 1. The molecule has 4 rings (SSSR count). The second-order valence-electron chi connectivity index (χ2n) is 7.15. The van der Waals surface area contributed by atoms with Crippen molar-refractivity contribution in [3.05, 3.63) is 69.8 Å². The second kappa shape index (κ2) is 11.7. The van der Waals surface area contributed by atoms with Crippen LogP contribution in [0.2, 0.25) is 10.0 Å². The Bertz CT molecular complexity index is 1260. The van der Waals surface area contributed by atoms with Crippen LogP contribution >= 0.6 is 46.3 Å². The smallest absolute Gasteiger partial charge is 0.279 e. The number of halogens is 2. The third-order valence-corrected chi connectivity index (χ3v) is 7.25. The number of unbranched alkanes of at least 4 members (excludes halogenated alkanes) is 1. The van der Waals surface area contributed by atoms with Crippen molar-refractivity contribution >= 4 is 57.3 Å². The molecular formula is C23H20Cl2N4O3S2. The number of ether oxygens (including phenoxy) is 1. The number of hydrogen-bond acceptors (Lipinski definition) is 8. The Morgan fingerprint density at radius 3 is 2.74 bits per heavy atom. The van der Waals surface area contributed by atoms with E-state index in [9.17, 15) is 4.79 Å². The van der Waals surface area contributed by atoms with Gasteiger partial charge in [0, 0.05) is 27.4 Å². The molecule has 7 nitrogen and oxygen atoms in total. The minimum Gasteiger partial charge on any atom is -0.494 e. The van der Waals surface area contributed by atoms with Crippen molar-refractivity contribution in [3.8, 4) is 17.1 Å². The van der Waals surface area contributed by atoms with Crippen molar-refractivity contribution in [1.82, 2.24) is 15.4 Å². The van der Waals surface area contributed by atoms with Crippen LogP contribution in [0.5, 0.6) is 5.75 Å². The van der Waals surface area contributed by atoms with E-state index < -0.39 is 5.91 Å². The Labute approximate surface area is 214 Å². The summed E-state index contributed by atoms with van der Waals surface area (Å²) >= 11 is 14.9. The summed E-state index contributed by atoms with van der Waals surface area (Å²) < 4.78 is 11.7. The maximum Gasteiger partial charge on any atom is 0.279 e. The Morgan fingerprint density at radius 1 is 1.15 bits per heavy atom. The molecule has 0 aliphatic carbocycles. The van der Waals surface area contributed by atoms with Crippen LogP contribution in [0, 0.1) is 0 Å². The second-order valence-corrected chi connectivity index (χ2v) is 10.2. The minimum atomic E-state index is -0.428. The minimum absolute atomic E-state index is 0.149. The van der Waals surface area contributed by atoms with Crippen molar-refractivity contribution in [2.75, 3.05) is 11.9 Å². The number of nitrogens with one attached hydrogen (secondary N) is 1. The topological polar surface area (TPSA) is 90.1 Å². The molecular weight excluding hydrogens is 515 g/mol. The number of benzene rings is 2. The van der Waals surface area contributed by atoms with E-state index in [4.69, 9.17) is 32.5 Å². The monoisotopic (exact) mass is 534 g/mol. The lowest BCUT2D eigenvalue weighted by molar-refractivity contribution is 0.101. The summed E-state index contributed by atoms with van der Waals surface area (Å²) in [5.41, 5.74) is 1.88. The lowest BCUT2D eigenvalue weighted by atomic mass is 10.1. The van der Waals surface area contributed by atoms with Crippen LogP contribution in [0.25, 0.3) is 11.3 Å². The molecule has 0 saturated carbocycles. The molecule has 0 atom stereocenters. The van der Waals surface area contributed by atoms with E-state index in [2.05, 4.69) is 27.6 Å². The van der Waals surface area contributed by atoms with Crippen LogP contribution in [-0.2, 0) is 5.75 Å². The Morgan fingerprint density at radius 2 is 1.97 bits per heavy atom. The van der Waals surface area contributed by atoms with Gasteiger partial charge in [0.2, 0.25) is 5.13 Å². The van der Waals surface area contributed by atoms with E-state index in [0.29, 0.717) is 37.6 Å². The van der Waals surface area contributed by atoms with Crippen molar-refractivity contribution in [2.24, 2.45) is 0 Å². The molecule has 4 aromatic rings. The number of carbonyl (C=O) groups is 1. The highest BCUT2D eigenvalue weighted by Gasteiger charge is 2.16. The van der Waals surface area contributed by atoms with Gasteiger partial charge in [0.05, 0.1) is 6.61 Å². The Kier molecular flexibility index (Phi) is 8.44. The SMILES string of the molecule is CCCCOc1ccc(-c2cc(C(=O)Nc3nnc(SCc4ccc(Cl)cc4Cl)s3)no2)cc1. The van der Waals surface area contributed by atoms with Crippen LogP contribution in [0.3, 0.4) is 0 Å². The van der Waals surface area contributed by atoms with Gasteiger partial charge in [-0.1, -0.05) is 70.9 Å². The molecule has 176 valence electrons. The zero-order valence-electron chi connectivity index (χ0n) is 18.1. The fourth-order valence-corrected chi connectivity index (χ4v) is 5.13. The van der Waals surface area contributed by atoms with Crippen LogP contribution in [0.15, 0.2) is 57.4 Å². The Hall–Kier alpha value is -2.59. The van der Waals surface area contributed by atoms with E-state index >= 15 is 0 Å². The van der Waals surface area contributed by atoms with Crippen molar-refractivity contribution in [3.63, 3.8) is 0 Å². The van der Waals surface area contributed by atoms with E-state index in [1.165, 1.54) is 23.1 Å². The lowest BCUT2D eigenvalue weighted by Gasteiger charge is -2.05. The van der Waals surface area contributed by atoms with Crippen LogP contribution in [0.4, 0.5) is 5.13 Å². The van der Waals surface area contributed by atoms with Crippen LogP contribution in [-0.4, -0.2) is 27.9 Å². The van der Waals surface area contributed by atoms with Crippen LogP contribution in [0.1, 0.15) is 35.8 Å². The molecule has 1 amide bonds. The predicted molar refractivity (Wildman–Crippen MR) is 136 cm³/mol. The summed E-state index contributed by atoms with van der Waals surface area (Å²) in [7, 11) is 0. The highest BCUT2D eigenvalue weighted by molar-refractivity contribution is 8.00. The van der Waals surface area contributed by atoms with Gasteiger partial charge in [0.1, 0.15) is 5.75 Å². The summed E-state index contributed by atoms with van der Waals surface area (Å²) in [5, 5.41) is 16.3. The average Bonchev–Trinajstić information content (AvgIpc) is 3.49. The van der Waals surface area contributed by atoms with Gasteiger partial charge in [0.15, 0.2) is 15.8 Å². The summed E-state index contributed by atoms with van der Waals surface area (Å²) in [6, 6.07) is 14.4. The average molecular weight is 535 g/mol. The number of aromatic nitrogens is 3. The number of rotatable bonds is 10. The molecule has 0 aliphatic heterocycles. The van der Waals surface area contributed by atoms with Gasteiger partial charge in [0.25, 0.3) is 5.91 Å². The maximum atomic E-state index is 12.6. The van der Waals surface area contributed by atoms with Crippen molar-refractivity contribution < 1.29 is 14.1 Å². The molecule has 0 radical (unpaired) electrons. The Balaban J connectivity index is 1.33. The first-order chi connectivity index (χ1) is 16.5. The van der Waals surface area contributed by atoms with Gasteiger partial charge < -0.3 is 9.26 Å². The van der Waals surface area contributed by atoms with Gasteiger partial charge in [-0.25, -0.2) is 0 Å². The molecule has 0 saturated heterocycles. The van der Waals surface area contributed by atoms with Crippen LogP contribution < -0.4 is 10.1 Å². The summed E-state index contributed by atoms with van der Waals surface area (Å²) in [6.07, 6.45) is 2.09. The zero-order chi connectivity index (χ0) is 23.9. The fraction of sp³-hybridized carbons (Fsp3) is 0.217. The predicted octanol–water partition coefficient (Wildman–Crippen LogP) is 7.22. The highest BCUT2D eigenvalue weighted by atomic mass is 35.5. The summed E-state index contributed by atoms with van der Waals surface area (Å²) in [4.78, 5) is 12.6. The molecule has 2 heterocycles. The summed E-state index contributed by atoms with van der Waals surface area (Å²) in [5.74, 6) is 1.45. The van der Waals surface area contributed by atoms with E-state index in [0.717, 1.165) is 29.7 Å².